The molecule has 2 aromatic heterocycles. The summed E-state index contributed by atoms with van der Waals surface area (Å²) in [5, 5.41) is 26.7. The molecule has 6 nitrogen and oxygen atoms in total. The third-order valence-corrected chi connectivity index (χ3v) is 6.54. The van der Waals surface area contributed by atoms with Crippen LogP contribution >= 0.6 is 11.3 Å². The van der Waals surface area contributed by atoms with Crippen molar-refractivity contribution in [1.29, 1.82) is 5.26 Å². The Morgan fingerprint density at radius 3 is 2.24 bits per heavy atom. The number of anilines is 1. The quantitative estimate of drug-likeness (QED) is 0.414. The average Bonchev–Trinajstić information content (AvgIpc) is 3.26. The van der Waals surface area contributed by atoms with E-state index in [4.69, 9.17) is 0 Å². The Balaban J connectivity index is 1.89. The highest BCUT2D eigenvalue weighted by atomic mass is 32.1. The van der Waals surface area contributed by atoms with E-state index in [1.807, 2.05) is 77.3 Å². The maximum atomic E-state index is 12.2. The van der Waals surface area contributed by atoms with E-state index in [1.165, 1.54) is 11.3 Å². The molecule has 0 bridgehead atoms. The molecule has 0 radical (unpaired) electrons. The first kappa shape index (κ1) is 25.4. The molecule has 3 rings (SSSR count). The first-order chi connectivity index (χ1) is 15.9. The number of pyridine rings is 1. The first-order valence-corrected chi connectivity index (χ1v) is 12.1. The summed E-state index contributed by atoms with van der Waals surface area (Å²) in [4.78, 5) is 21.1. The van der Waals surface area contributed by atoms with Gasteiger partial charge >= 0.3 is 0 Å². The van der Waals surface area contributed by atoms with Crippen LogP contribution in [0.5, 0.6) is 5.75 Å². The standard InChI is InChI=1S/C27H32N4O2S/c1-25(2,3)19-11-18(12-20(23(19)33)26(4,5)6)13-27(15-28,17-32)16-30-24-31-22(14-34-24)21-9-7-8-10-29-21/h7-12,14,17,33H,13,16H2,1-6H3,(H,30,31). The summed E-state index contributed by atoms with van der Waals surface area (Å²) in [5.74, 6) is 0.278. The number of phenols is 1. The van der Waals surface area contributed by atoms with Gasteiger partial charge in [-0.15, -0.1) is 11.3 Å². The fraction of sp³-hybridized carbons (Fsp3) is 0.407. The number of carbonyl (C=O) groups excluding carboxylic acids is 1. The van der Waals surface area contributed by atoms with Crippen LogP contribution in [0.1, 0.15) is 58.2 Å². The second-order valence-electron chi connectivity index (χ2n) is 10.7. The van der Waals surface area contributed by atoms with Gasteiger partial charge in [-0.1, -0.05) is 59.7 Å². The van der Waals surface area contributed by atoms with E-state index in [0.29, 0.717) is 11.4 Å². The van der Waals surface area contributed by atoms with E-state index in [0.717, 1.165) is 28.1 Å². The van der Waals surface area contributed by atoms with Crippen LogP contribution in [-0.4, -0.2) is 27.9 Å². The molecule has 178 valence electrons. The lowest BCUT2D eigenvalue weighted by Crippen LogP contribution is -2.32. The second kappa shape index (κ2) is 9.55. The van der Waals surface area contributed by atoms with E-state index in [-0.39, 0.29) is 29.5 Å². The maximum Gasteiger partial charge on any atom is 0.183 e. The Hall–Kier alpha value is -3.24. The highest BCUT2D eigenvalue weighted by Crippen LogP contribution is 2.40. The minimum atomic E-state index is -1.28. The Labute approximate surface area is 205 Å². The van der Waals surface area contributed by atoms with E-state index in [1.54, 1.807) is 6.20 Å². The molecule has 0 saturated carbocycles. The number of aromatic hydroxyl groups is 1. The van der Waals surface area contributed by atoms with Crippen molar-refractivity contribution < 1.29 is 9.90 Å². The molecule has 34 heavy (non-hydrogen) atoms. The van der Waals surface area contributed by atoms with Gasteiger partial charge in [-0.25, -0.2) is 4.98 Å². The van der Waals surface area contributed by atoms with Gasteiger partial charge in [-0.2, -0.15) is 5.26 Å². The lowest BCUT2D eigenvalue weighted by atomic mass is 9.76. The number of nitrogens with one attached hydrogen (secondary N) is 1. The van der Waals surface area contributed by atoms with Crippen LogP contribution in [0.15, 0.2) is 41.9 Å². The van der Waals surface area contributed by atoms with Gasteiger partial charge in [0.25, 0.3) is 0 Å². The fourth-order valence-corrected chi connectivity index (χ4v) is 4.48. The Morgan fingerprint density at radius 2 is 1.74 bits per heavy atom. The van der Waals surface area contributed by atoms with E-state index in [9.17, 15) is 15.2 Å². The van der Waals surface area contributed by atoms with E-state index >= 15 is 0 Å². The molecule has 0 saturated heterocycles. The minimum absolute atomic E-state index is 0.124. The van der Waals surface area contributed by atoms with Crippen LogP contribution in [0.3, 0.4) is 0 Å². The normalized spacial score (nSPS) is 13.7. The van der Waals surface area contributed by atoms with Gasteiger partial charge in [0, 0.05) is 18.1 Å². The summed E-state index contributed by atoms with van der Waals surface area (Å²) < 4.78 is 0. The Kier molecular flexibility index (Phi) is 7.13. The molecule has 7 heteroatoms. The summed E-state index contributed by atoms with van der Waals surface area (Å²) >= 11 is 1.41. The van der Waals surface area contributed by atoms with Crippen molar-refractivity contribution in [3.63, 3.8) is 0 Å². The molecule has 1 unspecified atom stereocenters. The van der Waals surface area contributed by atoms with Crippen LogP contribution in [0.25, 0.3) is 11.4 Å². The van der Waals surface area contributed by atoms with Gasteiger partial charge in [0.1, 0.15) is 23.1 Å². The summed E-state index contributed by atoms with van der Waals surface area (Å²) in [6, 6.07) is 11.7. The molecule has 1 aromatic carbocycles. The topological polar surface area (TPSA) is 98.9 Å². The highest BCUT2D eigenvalue weighted by molar-refractivity contribution is 7.14. The predicted octanol–water partition coefficient (Wildman–Crippen LogP) is 5.87. The SMILES string of the molecule is CC(C)(C)c1cc(CC(C#N)(C=O)CNc2nc(-c3ccccn3)cs2)cc(C(C)(C)C)c1O. The molecule has 2 N–H and O–H groups in total. The summed E-state index contributed by atoms with van der Waals surface area (Å²) in [6.45, 7) is 12.4. The lowest BCUT2D eigenvalue weighted by molar-refractivity contribution is -0.113. The van der Waals surface area contributed by atoms with Gasteiger partial charge in [-0.05, 0) is 46.1 Å². The molecule has 0 fully saturated rings. The predicted molar refractivity (Wildman–Crippen MR) is 137 cm³/mol. The van der Waals surface area contributed by atoms with Gasteiger partial charge in [0.15, 0.2) is 5.13 Å². The molecular weight excluding hydrogens is 444 g/mol. The molecule has 2 heterocycles. The molecule has 1 atom stereocenters. The van der Waals surface area contributed by atoms with Crippen molar-refractivity contribution in [1.82, 2.24) is 9.97 Å². The summed E-state index contributed by atoms with van der Waals surface area (Å²) in [5.41, 5.74) is 2.09. The van der Waals surface area contributed by atoms with Crippen molar-refractivity contribution in [3.8, 4) is 23.2 Å². The Bertz CT molecular complexity index is 1160. The number of hydrogen-bond donors (Lipinski definition) is 2. The third-order valence-electron chi connectivity index (χ3n) is 5.74. The molecule has 0 aliphatic carbocycles. The first-order valence-electron chi connectivity index (χ1n) is 11.2. The van der Waals surface area contributed by atoms with Crippen LogP contribution in [-0.2, 0) is 22.0 Å². The van der Waals surface area contributed by atoms with E-state index < -0.39 is 5.41 Å². The largest absolute Gasteiger partial charge is 0.507 e. The van der Waals surface area contributed by atoms with E-state index in [2.05, 4.69) is 21.4 Å². The molecule has 3 aromatic rings. The third kappa shape index (κ3) is 5.63. The lowest BCUT2D eigenvalue weighted by Gasteiger charge is -2.29. The van der Waals surface area contributed by atoms with Crippen LogP contribution in [0, 0.1) is 16.7 Å². The van der Waals surface area contributed by atoms with Crippen molar-refractivity contribution in [3.05, 3.63) is 58.6 Å². The minimum Gasteiger partial charge on any atom is -0.507 e. The zero-order chi connectivity index (χ0) is 25.1. The summed E-state index contributed by atoms with van der Waals surface area (Å²) in [7, 11) is 0. The fourth-order valence-electron chi connectivity index (χ4n) is 3.78. The molecular formula is C27H32N4O2S. The monoisotopic (exact) mass is 476 g/mol. The van der Waals surface area contributed by atoms with Crippen molar-refractivity contribution in [2.24, 2.45) is 5.41 Å². The molecule has 0 aliphatic rings. The maximum absolute atomic E-state index is 12.2. The van der Waals surface area contributed by atoms with Gasteiger partial charge in [0.05, 0.1) is 11.8 Å². The van der Waals surface area contributed by atoms with Gasteiger partial charge in [-0.3, -0.25) is 4.98 Å². The van der Waals surface area contributed by atoms with Crippen molar-refractivity contribution >= 4 is 22.8 Å². The van der Waals surface area contributed by atoms with Crippen LogP contribution in [0.2, 0.25) is 0 Å². The van der Waals surface area contributed by atoms with Gasteiger partial charge < -0.3 is 15.2 Å². The number of aromatic nitrogens is 2. The number of rotatable bonds is 7. The van der Waals surface area contributed by atoms with Gasteiger partial charge in [0.2, 0.25) is 0 Å². The van der Waals surface area contributed by atoms with Crippen molar-refractivity contribution in [2.75, 3.05) is 11.9 Å². The zero-order valence-electron chi connectivity index (χ0n) is 20.6. The smallest absolute Gasteiger partial charge is 0.183 e. The number of aldehydes is 1. The number of nitriles is 1. The molecule has 0 amide bonds. The zero-order valence-corrected chi connectivity index (χ0v) is 21.5. The molecule has 0 spiro atoms. The van der Waals surface area contributed by atoms with Crippen molar-refractivity contribution in [2.45, 2.75) is 58.8 Å². The van der Waals surface area contributed by atoms with Crippen LogP contribution < -0.4 is 5.32 Å². The number of thiazole rings is 1. The number of benzene rings is 1. The summed E-state index contributed by atoms with van der Waals surface area (Å²) in [6.07, 6.45) is 2.66. The van der Waals surface area contributed by atoms with Crippen LogP contribution in [0.4, 0.5) is 5.13 Å². The number of phenolic OH excluding ortho intramolecular Hbond substituents is 1. The number of hydrogen-bond acceptors (Lipinski definition) is 7. The average molecular weight is 477 g/mol. The molecule has 0 aliphatic heterocycles. The Morgan fingerprint density at radius 1 is 1.09 bits per heavy atom. The number of carbonyl (C=O) groups is 1. The highest BCUT2D eigenvalue weighted by Gasteiger charge is 2.33. The number of nitrogens with zero attached hydrogens (tertiary/aromatic N) is 3. The second-order valence-corrected chi connectivity index (χ2v) is 11.6.